The number of fused-ring (bicyclic) bond motifs is 1. The average molecular weight is 413 g/mol. The molecular weight excluding hydrogens is 386 g/mol. The van der Waals surface area contributed by atoms with Crippen LogP contribution in [0, 0.1) is 0 Å². The Labute approximate surface area is 174 Å². The van der Waals surface area contributed by atoms with Crippen LogP contribution in [-0.4, -0.2) is 25.5 Å². The number of anilines is 1. The Morgan fingerprint density at radius 3 is 2.66 bits per heavy atom. The van der Waals surface area contributed by atoms with Gasteiger partial charge in [-0.3, -0.25) is 4.79 Å². The second kappa shape index (κ2) is 9.07. The van der Waals surface area contributed by atoms with Gasteiger partial charge < -0.3 is 21.1 Å². The number of amides is 1. The summed E-state index contributed by atoms with van der Waals surface area (Å²) < 4.78 is 5.17. The van der Waals surface area contributed by atoms with Crippen LogP contribution in [0.4, 0.5) is 5.00 Å². The van der Waals surface area contributed by atoms with Gasteiger partial charge in [0.25, 0.3) is 5.91 Å². The minimum absolute atomic E-state index is 0.120. The van der Waals surface area contributed by atoms with E-state index in [1.807, 2.05) is 18.2 Å². The topological polar surface area (TPSA) is 98.0 Å². The van der Waals surface area contributed by atoms with Crippen molar-refractivity contribution in [2.24, 2.45) is 0 Å². The summed E-state index contributed by atoms with van der Waals surface area (Å²) in [6.07, 6.45) is 0. The number of hydrogen-bond acceptors (Lipinski definition) is 5. The molecule has 0 bridgehead atoms. The largest absolute Gasteiger partial charge is 0.462 e. The lowest BCUT2D eigenvalue weighted by molar-refractivity contribution is -0.707. The van der Waals surface area contributed by atoms with Gasteiger partial charge in [0, 0.05) is 18.2 Å². The molecule has 0 aliphatic carbocycles. The number of hydrogen-bond donors (Lipinski definition) is 3. The molecule has 152 valence electrons. The van der Waals surface area contributed by atoms with Crippen LogP contribution in [-0.2, 0) is 11.3 Å². The highest BCUT2D eigenvalue weighted by Crippen LogP contribution is 2.31. The van der Waals surface area contributed by atoms with E-state index in [4.69, 9.17) is 10.5 Å². The van der Waals surface area contributed by atoms with E-state index in [9.17, 15) is 9.59 Å². The van der Waals surface area contributed by atoms with Gasteiger partial charge in [-0.15, -0.1) is 11.3 Å². The molecule has 0 spiro atoms. The maximum Gasteiger partial charge on any atom is 0.341 e. The number of nitrogens with two attached hydrogens (primary N) is 2. The number of ether oxygens (including phenoxy) is 1. The zero-order valence-corrected chi connectivity index (χ0v) is 17.6. The summed E-state index contributed by atoms with van der Waals surface area (Å²) in [6, 6.07) is 14.6. The molecule has 0 unspecified atom stereocenters. The first-order valence-corrected chi connectivity index (χ1v) is 10.4. The van der Waals surface area contributed by atoms with E-state index in [1.165, 1.54) is 16.3 Å². The van der Waals surface area contributed by atoms with Crippen molar-refractivity contribution in [3.8, 4) is 0 Å². The number of thiophene rings is 1. The third-order valence-corrected chi connectivity index (χ3v) is 6.00. The highest BCUT2D eigenvalue weighted by molar-refractivity contribution is 7.18. The van der Waals surface area contributed by atoms with Gasteiger partial charge in [-0.25, -0.2) is 4.79 Å². The Hall–Kier alpha value is -2.90. The first kappa shape index (κ1) is 20.8. The molecule has 0 aliphatic heterocycles. The fourth-order valence-corrected chi connectivity index (χ4v) is 4.50. The zero-order valence-electron chi connectivity index (χ0n) is 16.8. The summed E-state index contributed by atoms with van der Waals surface area (Å²) in [5, 5.41) is 7.42. The van der Waals surface area contributed by atoms with Crippen molar-refractivity contribution in [2.75, 3.05) is 19.4 Å². The van der Waals surface area contributed by atoms with E-state index in [2.05, 4.69) is 41.8 Å². The van der Waals surface area contributed by atoms with Crippen molar-refractivity contribution < 1.29 is 19.6 Å². The monoisotopic (exact) mass is 412 g/mol. The van der Waals surface area contributed by atoms with Gasteiger partial charge in [0.2, 0.25) is 0 Å². The summed E-state index contributed by atoms with van der Waals surface area (Å²) in [5.74, 6) is -0.740. The molecule has 29 heavy (non-hydrogen) atoms. The molecule has 1 aromatic heterocycles. The van der Waals surface area contributed by atoms with E-state index < -0.39 is 5.97 Å². The number of nitrogen functional groups attached to an aromatic ring is 1. The number of rotatable bonds is 7. The molecular formula is C22H26N3O3S+. The second-order valence-corrected chi connectivity index (χ2v) is 7.80. The van der Waals surface area contributed by atoms with Crippen LogP contribution in [0.15, 0.2) is 42.5 Å². The first-order chi connectivity index (χ1) is 14.0. The van der Waals surface area contributed by atoms with Crippen molar-refractivity contribution in [2.45, 2.75) is 26.4 Å². The molecule has 2 aromatic carbocycles. The lowest BCUT2D eigenvalue weighted by Gasteiger charge is -2.15. The van der Waals surface area contributed by atoms with Crippen LogP contribution in [0.25, 0.3) is 10.8 Å². The van der Waals surface area contributed by atoms with Gasteiger partial charge in [-0.2, -0.15) is 0 Å². The van der Waals surface area contributed by atoms with Gasteiger partial charge >= 0.3 is 5.97 Å². The molecule has 0 fully saturated rings. The van der Waals surface area contributed by atoms with E-state index in [-0.39, 0.29) is 18.6 Å². The maximum atomic E-state index is 12.5. The minimum Gasteiger partial charge on any atom is -0.462 e. The Kier molecular flexibility index (Phi) is 6.51. The predicted molar refractivity (Wildman–Crippen MR) is 116 cm³/mol. The van der Waals surface area contributed by atoms with Gasteiger partial charge in [0.15, 0.2) is 0 Å². The highest BCUT2D eigenvalue weighted by atomic mass is 32.1. The van der Waals surface area contributed by atoms with E-state index in [0.717, 1.165) is 11.3 Å². The molecule has 1 heterocycles. The van der Waals surface area contributed by atoms with E-state index >= 15 is 0 Å². The van der Waals surface area contributed by atoms with Crippen LogP contribution in [0.5, 0.6) is 0 Å². The van der Waals surface area contributed by atoms with Gasteiger partial charge in [-0.05, 0) is 24.6 Å². The molecule has 1 atom stereocenters. The third-order valence-electron chi connectivity index (χ3n) is 4.94. The number of esters is 1. The summed E-state index contributed by atoms with van der Waals surface area (Å²) in [5.41, 5.74) is 8.21. The van der Waals surface area contributed by atoms with Crippen molar-refractivity contribution in [1.82, 2.24) is 5.32 Å². The van der Waals surface area contributed by atoms with Gasteiger partial charge in [0.05, 0.1) is 6.61 Å². The van der Waals surface area contributed by atoms with Crippen molar-refractivity contribution in [3.05, 3.63) is 64.0 Å². The summed E-state index contributed by atoms with van der Waals surface area (Å²) >= 11 is 1.12. The molecule has 6 nitrogen and oxygen atoms in total. The van der Waals surface area contributed by atoms with Gasteiger partial charge in [0.1, 0.15) is 28.0 Å². The summed E-state index contributed by atoms with van der Waals surface area (Å²) in [7, 11) is 1.56. The number of benzene rings is 2. The molecule has 5 N–H and O–H groups in total. The van der Waals surface area contributed by atoms with Crippen LogP contribution in [0.3, 0.4) is 0 Å². The smallest absolute Gasteiger partial charge is 0.341 e. The number of carbonyl (C=O) groups is 2. The normalized spacial score (nSPS) is 12.0. The maximum absolute atomic E-state index is 12.5. The molecule has 0 saturated heterocycles. The van der Waals surface area contributed by atoms with Crippen molar-refractivity contribution in [1.29, 1.82) is 0 Å². The number of carbonyl (C=O) groups excluding carboxylic acids is 2. The van der Waals surface area contributed by atoms with E-state index in [1.54, 1.807) is 14.0 Å². The lowest BCUT2D eigenvalue weighted by Crippen LogP contribution is -2.83. The highest BCUT2D eigenvalue weighted by Gasteiger charge is 2.28. The molecule has 1 amide bonds. The Morgan fingerprint density at radius 2 is 1.93 bits per heavy atom. The third kappa shape index (κ3) is 4.26. The molecule has 3 rings (SSSR count). The van der Waals surface area contributed by atoms with Crippen LogP contribution >= 0.6 is 11.3 Å². The molecule has 0 saturated carbocycles. The molecule has 7 heteroatoms. The molecule has 0 aliphatic rings. The fraction of sp³-hybridized carbons (Fsp3) is 0.273. The fourth-order valence-electron chi connectivity index (χ4n) is 3.47. The van der Waals surface area contributed by atoms with Crippen LogP contribution < -0.4 is 16.4 Å². The Morgan fingerprint density at radius 1 is 1.21 bits per heavy atom. The van der Waals surface area contributed by atoms with E-state index in [0.29, 0.717) is 27.5 Å². The van der Waals surface area contributed by atoms with Crippen molar-refractivity contribution >= 4 is 39.0 Å². The van der Waals surface area contributed by atoms with Crippen LogP contribution in [0.1, 0.15) is 51.0 Å². The number of nitrogens with one attached hydrogen (secondary N) is 1. The zero-order chi connectivity index (χ0) is 21.0. The number of quaternary nitrogens is 1. The molecule has 3 aromatic rings. The SMILES string of the molecule is CCOC(=O)c1c(N)sc(C(=O)NC)c1C[NH2+][C@H](C)c1cccc2ccccc12. The standard InChI is InChI=1S/C22H25N3O3S/c1-4-28-22(27)18-17(19(21(26)24-3)29-20(18)23)12-25-13(2)15-11-7-9-14-8-5-6-10-16(14)15/h5-11,13,25H,4,12,23H2,1-3H3,(H,24,26)/p+1/t13-/m1/s1. The minimum atomic E-state index is -0.488. The summed E-state index contributed by atoms with van der Waals surface area (Å²) in [4.78, 5) is 25.3. The first-order valence-electron chi connectivity index (χ1n) is 9.59. The second-order valence-electron chi connectivity index (χ2n) is 6.75. The van der Waals surface area contributed by atoms with Crippen molar-refractivity contribution in [3.63, 3.8) is 0 Å². The van der Waals surface area contributed by atoms with Crippen LogP contribution in [0.2, 0.25) is 0 Å². The molecule has 0 radical (unpaired) electrons. The Balaban J connectivity index is 1.92. The predicted octanol–water partition coefficient (Wildman–Crippen LogP) is 2.84. The lowest BCUT2D eigenvalue weighted by atomic mass is 9.99. The summed E-state index contributed by atoms with van der Waals surface area (Å²) in [6.45, 7) is 4.55. The Bertz CT molecular complexity index is 1040. The average Bonchev–Trinajstić information content (AvgIpc) is 3.07. The van der Waals surface area contributed by atoms with Gasteiger partial charge in [-0.1, -0.05) is 42.5 Å². The quantitative estimate of drug-likeness (QED) is 0.520.